The van der Waals surface area contributed by atoms with Gasteiger partial charge in [0.15, 0.2) is 0 Å². The summed E-state index contributed by atoms with van der Waals surface area (Å²) in [6.45, 7) is 0. The first-order valence-corrected chi connectivity index (χ1v) is 17.2. The predicted molar refractivity (Wildman–Crippen MR) is 218 cm³/mol. The summed E-state index contributed by atoms with van der Waals surface area (Å²) in [7, 11) is 0. The monoisotopic (exact) mass is 653 g/mol. The Morgan fingerprint density at radius 1 is 0.314 bits per heavy atom. The quantitative estimate of drug-likeness (QED) is 0.165. The van der Waals surface area contributed by atoms with Crippen LogP contribution in [0.4, 0.5) is 17.1 Å². The second-order valence-electron chi connectivity index (χ2n) is 12.7. The van der Waals surface area contributed by atoms with Crippen LogP contribution in [0, 0.1) is 0 Å². The smallest absolute Gasteiger partial charge is 0.0645 e. The zero-order valence-corrected chi connectivity index (χ0v) is 27.8. The molecule has 0 radical (unpaired) electrons. The van der Waals surface area contributed by atoms with Gasteiger partial charge >= 0.3 is 0 Å². The second kappa shape index (κ2) is 13.3. The van der Waals surface area contributed by atoms with Crippen LogP contribution < -0.4 is 4.90 Å². The van der Waals surface area contributed by atoms with E-state index in [1.165, 1.54) is 10.8 Å². The molecule has 0 spiro atoms. The first kappa shape index (κ1) is 26.2. The number of hydrogen-bond acceptors (Lipinski definition) is 1. The van der Waals surface area contributed by atoms with Crippen LogP contribution in [-0.4, -0.2) is 0 Å². The van der Waals surface area contributed by atoms with Crippen LogP contribution in [0.15, 0.2) is 212 Å². The molecule has 0 atom stereocenters. The molecular weight excluding hydrogens is 615 g/mol. The highest BCUT2D eigenvalue weighted by atomic mass is 15.1. The maximum atomic E-state index is 9.48. The molecule has 0 saturated heterocycles. The Morgan fingerprint density at radius 3 is 1.63 bits per heavy atom. The first-order chi connectivity index (χ1) is 27.0. The highest BCUT2D eigenvalue weighted by Crippen LogP contribution is 2.41. The maximum Gasteiger partial charge on any atom is 0.0645 e. The standard InChI is InChI=1S/C50H35N/c1-3-12-36(13-4-1)42-19-11-20-43(34-42)38-22-28-45(29-23-38)51(47-32-24-37-14-7-8-18-44(37)35-47)46-30-25-40(26-31-46)49-33-27-39-15-9-10-21-48(39)50(49)41-16-5-2-6-17-41/h1-35H/i22D,23D,28D,29D. The van der Waals surface area contributed by atoms with Gasteiger partial charge in [-0.2, -0.15) is 0 Å². The summed E-state index contributed by atoms with van der Waals surface area (Å²) in [5.41, 5.74) is 8.93. The van der Waals surface area contributed by atoms with Gasteiger partial charge in [0.25, 0.3) is 0 Å². The van der Waals surface area contributed by atoms with Gasteiger partial charge in [-0.1, -0.05) is 170 Å². The summed E-state index contributed by atoms with van der Waals surface area (Å²) < 4.78 is 37.6. The summed E-state index contributed by atoms with van der Waals surface area (Å²) in [4.78, 5) is 1.86. The van der Waals surface area contributed by atoms with Crippen LogP contribution >= 0.6 is 0 Å². The summed E-state index contributed by atoms with van der Waals surface area (Å²) in [6.07, 6.45) is 0. The van der Waals surface area contributed by atoms with Crippen LogP contribution in [0.5, 0.6) is 0 Å². The minimum absolute atomic E-state index is 0.0905. The minimum atomic E-state index is -0.112. The van der Waals surface area contributed by atoms with Gasteiger partial charge in [-0.25, -0.2) is 0 Å². The molecule has 9 aromatic carbocycles. The van der Waals surface area contributed by atoms with Crippen molar-refractivity contribution in [3.63, 3.8) is 0 Å². The Morgan fingerprint density at radius 2 is 0.882 bits per heavy atom. The Labute approximate surface area is 305 Å². The van der Waals surface area contributed by atoms with Crippen molar-refractivity contribution in [1.82, 2.24) is 0 Å². The Kier molecular flexibility index (Phi) is 6.84. The lowest BCUT2D eigenvalue weighted by molar-refractivity contribution is 1.29. The third-order valence-corrected chi connectivity index (χ3v) is 9.51. The zero-order chi connectivity index (χ0) is 37.5. The van der Waals surface area contributed by atoms with Crippen molar-refractivity contribution in [2.24, 2.45) is 0 Å². The van der Waals surface area contributed by atoms with Crippen molar-refractivity contribution in [2.75, 3.05) is 4.90 Å². The number of benzene rings is 9. The number of hydrogen-bond donors (Lipinski definition) is 0. The molecule has 0 bridgehead atoms. The lowest BCUT2D eigenvalue weighted by Crippen LogP contribution is -2.09. The lowest BCUT2D eigenvalue weighted by atomic mass is 9.90. The van der Waals surface area contributed by atoms with E-state index in [4.69, 9.17) is 0 Å². The molecule has 240 valence electrons. The molecule has 0 heterocycles. The topological polar surface area (TPSA) is 3.24 Å². The van der Waals surface area contributed by atoms with E-state index in [1.807, 2.05) is 114 Å². The van der Waals surface area contributed by atoms with Crippen molar-refractivity contribution in [2.45, 2.75) is 0 Å². The molecule has 9 rings (SSSR count). The van der Waals surface area contributed by atoms with E-state index in [0.29, 0.717) is 5.56 Å². The van der Waals surface area contributed by atoms with Crippen LogP contribution in [0.1, 0.15) is 5.48 Å². The van der Waals surface area contributed by atoms with E-state index in [2.05, 4.69) is 78.9 Å². The zero-order valence-electron chi connectivity index (χ0n) is 31.8. The van der Waals surface area contributed by atoms with Gasteiger partial charge in [0.2, 0.25) is 0 Å². The van der Waals surface area contributed by atoms with Crippen LogP contribution in [0.3, 0.4) is 0 Å². The fourth-order valence-electron chi connectivity index (χ4n) is 6.99. The number of nitrogens with zero attached hydrogens (tertiary/aromatic N) is 1. The summed E-state index contributed by atoms with van der Waals surface area (Å²) in [5, 5.41) is 4.42. The van der Waals surface area contributed by atoms with E-state index in [-0.39, 0.29) is 35.4 Å². The van der Waals surface area contributed by atoms with Crippen molar-refractivity contribution < 1.29 is 5.48 Å². The molecule has 0 N–H and O–H groups in total. The Balaban J connectivity index is 1.21. The summed E-state index contributed by atoms with van der Waals surface area (Å²) >= 11 is 0. The minimum Gasteiger partial charge on any atom is -0.310 e. The van der Waals surface area contributed by atoms with Gasteiger partial charge < -0.3 is 4.90 Å². The molecule has 1 heteroatoms. The van der Waals surface area contributed by atoms with Gasteiger partial charge in [-0.15, -0.1) is 0 Å². The van der Waals surface area contributed by atoms with Crippen molar-refractivity contribution in [1.29, 1.82) is 0 Å². The molecule has 0 aliphatic rings. The number of anilines is 3. The molecule has 0 amide bonds. The Bertz CT molecular complexity index is 2820. The average Bonchev–Trinajstić information content (AvgIpc) is 3.25. The van der Waals surface area contributed by atoms with Gasteiger partial charge in [0, 0.05) is 17.1 Å². The fourth-order valence-corrected chi connectivity index (χ4v) is 6.99. The van der Waals surface area contributed by atoms with Crippen LogP contribution in [0.25, 0.3) is 66.1 Å². The van der Waals surface area contributed by atoms with E-state index < -0.39 is 0 Å². The highest BCUT2D eigenvalue weighted by molar-refractivity contribution is 6.04. The SMILES string of the molecule is [2H]c1c([2H])c(N(c2ccc(-c3ccc4ccccc4c3-c3ccccc3)cc2)c2ccc3ccccc3c2)c([2H])c([2H])c1-c1cccc(-c2ccccc2)c1. The average molecular weight is 654 g/mol. The summed E-state index contributed by atoms with van der Waals surface area (Å²) in [5.74, 6) is 0. The van der Waals surface area contributed by atoms with Gasteiger partial charge in [-0.05, 0) is 108 Å². The second-order valence-corrected chi connectivity index (χ2v) is 12.7. The highest BCUT2D eigenvalue weighted by Gasteiger charge is 2.16. The third-order valence-electron chi connectivity index (χ3n) is 9.51. The molecule has 0 fully saturated rings. The Hall–Kier alpha value is -6.70. The first-order valence-electron chi connectivity index (χ1n) is 19.2. The molecule has 51 heavy (non-hydrogen) atoms. The van der Waals surface area contributed by atoms with Gasteiger partial charge in [-0.3, -0.25) is 0 Å². The van der Waals surface area contributed by atoms with Gasteiger partial charge in [0.05, 0.1) is 5.48 Å². The molecule has 0 unspecified atom stereocenters. The summed E-state index contributed by atoms with van der Waals surface area (Å²) in [6, 6.07) is 62.8. The van der Waals surface area contributed by atoms with E-state index in [1.54, 1.807) is 0 Å². The molecule has 0 aliphatic heterocycles. The van der Waals surface area contributed by atoms with Crippen LogP contribution in [-0.2, 0) is 0 Å². The maximum absolute atomic E-state index is 9.48. The van der Waals surface area contributed by atoms with E-state index >= 15 is 0 Å². The number of fused-ring (bicyclic) bond motifs is 2. The van der Waals surface area contributed by atoms with E-state index in [9.17, 15) is 5.48 Å². The largest absolute Gasteiger partial charge is 0.310 e. The molecule has 0 aromatic heterocycles. The van der Waals surface area contributed by atoms with Crippen molar-refractivity contribution in [3.05, 3.63) is 212 Å². The normalized spacial score (nSPS) is 12.2. The third kappa shape index (κ3) is 5.96. The molecule has 0 saturated carbocycles. The molecule has 0 aliphatic carbocycles. The lowest BCUT2D eigenvalue weighted by Gasteiger charge is -2.26. The number of rotatable bonds is 7. The molecule has 1 nitrogen and oxygen atoms in total. The van der Waals surface area contributed by atoms with Crippen molar-refractivity contribution in [3.8, 4) is 44.5 Å². The fraction of sp³-hybridized carbons (Fsp3) is 0. The van der Waals surface area contributed by atoms with Crippen molar-refractivity contribution >= 4 is 38.6 Å². The molecule has 9 aromatic rings. The van der Waals surface area contributed by atoms with E-state index in [0.717, 1.165) is 55.5 Å². The van der Waals surface area contributed by atoms with Gasteiger partial charge in [0.1, 0.15) is 0 Å². The predicted octanol–water partition coefficient (Wildman–Crippen LogP) is 14.1. The molecular formula is C50H35N. The van der Waals surface area contributed by atoms with Crippen LogP contribution in [0.2, 0.25) is 0 Å².